The van der Waals surface area contributed by atoms with E-state index in [1.54, 1.807) is 36.4 Å². The molecule has 24 heavy (non-hydrogen) atoms. The zero-order chi connectivity index (χ0) is 17.7. The summed E-state index contributed by atoms with van der Waals surface area (Å²) in [5.41, 5.74) is 0.541. The molecule has 1 atom stereocenters. The second-order valence-corrected chi connectivity index (χ2v) is 6.20. The van der Waals surface area contributed by atoms with Crippen molar-refractivity contribution in [3.05, 3.63) is 53.6 Å². The lowest BCUT2D eigenvalue weighted by atomic mass is 10.2. The van der Waals surface area contributed by atoms with Crippen LogP contribution in [0.15, 0.2) is 52.3 Å². The summed E-state index contributed by atoms with van der Waals surface area (Å²) in [6.07, 6.45) is 0. The van der Waals surface area contributed by atoms with Crippen LogP contribution in [0.25, 0.3) is 0 Å². The summed E-state index contributed by atoms with van der Waals surface area (Å²) >= 11 is 0. The summed E-state index contributed by atoms with van der Waals surface area (Å²) in [7, 11) is 2.78. The molecule has 2 aromatic rings. The highest BCUT2D eigenvalue weighted by Gasteiger charge is 2.21. The van der Waals surface area contributed by atoms with E-state index in [-0.39, 0.29) is 17.4 Å². The molecule has 2 aromatic carbocycles. The Hall–Kier alpha value is -2.67. The van der Waals surface area contributed by atoms with Crippen LogP contribution in [0, 0.1) is 0 Å². The summed E-state index contributed by atoms with van der Waals surface area (Å²) in [5.74, 6) is -0.238. The third kappa shape index (κ3) is 3.46. The van der Waals surface area contributed by atoms with Gasteiger partial charge in [0.05, 0.1) is 38.8 Å². The number of hydrogen-bond acceptors (Lipinski definition) is 4. The molecule has 0 radical (unpaired) electrons. The smallest absolute Gasteiger partial charge is 0.252 e. The van der Waals surface area contributed by atoms with Gasteiger partial charge in [-0.2, -0.15) is 0 Å². The highest BCUT2D eigenvalue weighted by Crippen LogP contribution is 2.26. The van der Waals surface area contributed by atoms with Gasteiger partial charge in [-0.1, -0.05) is 12.1 Å². The minimum absolute atomic E-state index is 0.238. The first-order valence-electron chi connectivity index (χ1n) is 7.16. The number of rotatable bonds is 5. The first kappa shape index (κ1) is 17.7. The van der Waals surface area contributed by atoms with Gasteiger partial charge in [0, 0.05) is 14.1 Å². The lowest BCUT2D eigenvalue weighted by Gasteiger charge is -2.12. The van der Waals surface area contributed by atoms with Crippen LogP contribution in [-0.4, -0.2) is 37.2 Å². The average Bonchev–Trinajstić information content (AvgIpc) is 2.65. The van der Waals surface area contributed by atoms with Gasteiger partial charge in [0.2, 0.25) is 0 Å². The molecule has 1 unspecified atom stereocenters. The monoisotopic (exact) mass is 346 g/mol. The van der Waals surface area contributed by atoms with Crippen molar-refractivity contribution in [2.45, 2.75) is 9.79 Å². The number of amides is 2. The van der Waals surface area contributed by atoms with Crippen molar-refractivity contribution in [1.82, 2.24) is 10.6 Å². The van der Waals surface area contributed by atoms with Crippen LogP contribution in [0.3, 0.4) is 0 Å². The fraction of sp³-hybridized carbons (Fsp3) is 0.176. The molecule has 2 N–H and O–H groups in total. The predicted octanol–water partition coefficient (Wildman–Crippen LogP) is 1.58. The average molecular weight is 346 g/mol. The molecule has 126 valence electrons. The van der Waals surface area contributed by atoms with Crippen LogP contribution in [0.5, 0.6) is 5.75 Å². The van der Waals surface area contributed by atoms with Gasteiger partial charge in [-0.15, -0.1) is 0 Å². The largest absolute Gasteiger partial charge is 0.497 e. The Bertz CT molecular complexity index is 805. The number of ether oxygens (including phenoxy) is 1. The SMILES string of the molecule is CNC(=O)c1ccccc1S(=O)c1ccc(OC)cc1C(=O)NC. The molecule has 0 aliphatic carbocycles. The van der Waals surface area contributed by atoms with E-state index in [2.05, 4.69) is 10.6 Å². The maximum Gasteiger partial charge on any atom is 0.252 e. The Labute approximate surface area is 142 Å². The van der Waals surface area contributed by atoms with Crippen molar-refractivity contribution in [1.29, 1.82) is 0 Å². The van der Waals surface area contributed by atoms with E-state index >= 15 is 0 Å². The first-order chi connectivity index (χ1) is 11.5. The van der Waals surface area contributed by atoms with Gasteiger partial charge in [-0.25, -0.2) is 4.21 Å². The summed E-state index contributed by atoms with van der Waals surface area (Å²) in [6, 6.07) is 11.3. The minimum Gasteiger partial charge on any atom is -0.497 e. The molecule has 2 rings (SSSR count). The fourth-order valence-corrected chi connectivity index (χ4v) is 3.52. The highest BCUT2D eigenvalue weighted by molar-refractivity contribution is 7.85. The highest BCUT2D eigenvalue weighted by atomic mass is 32.2. The summed E-state index contributed by atoms with van der Waals surface area (Å²) < 4.78 is 18.2. The van der Waals surface area contributed by atoms with Crippen molar-refractivity contribution in [2.24, 2.45) is 0 Å². The lowest BCUT2D eigenvalue weighted by molar-refractivity contribution is 0.0952. The second kappa shape index (κ2) is 7.74. The molecular weight excluding hydrogens is 328 g/mol. The molecule has 0 aliphatic rings. The number of hydrogen-bond donors (Lipinski definition) is 2. The van der Waals surface area contributed by atoms with Gasteiger partial charge in [-0.3, -0.25) is 9.59 Å². The molecule has 0 saturated carbocycles. The molecule has 6 nitrogen and oxygen atoms in total. The Kier molecular flexibility index (Phi) is 5.70. The van der Waals surface area contributed by atoms with Crippen molar-refractivity contribution < 1.29 is 18.5 Å². The van der Waals surface area contributed by atoms with Gasteiger partial charge in [0.15, 0.2) is 0 Å². The molecule has 0 aromatic heterocycles. The normalized spacial score (nSPS) is 11.5. The molecule has 2 amide bonds. The zero-order valence-electron chi connectivity index (χ0n) is 13.6. The van der Waals surface area contributed by atoms with Gasteiger partial charge >= 0.3 is 0 Å². The van der Waals surface area contributed by atoms with Crippen molar-refractivity contribution >= 4 is 22.6 Å². The van der Waals surface area contributed by atoms with Crippen LogP contribution >= 0.6 is 0 Å². The molecule has 0 heterocycles. The Morgan fingerprint density at radius 1 is 0.917 bits per heavy atom. The molecule has 0 aliphatic heterocycles. The van der Waals surface area contributed by atoms with Gasteiger partial charge < -0.3 is 15.4 Å². The van der Waals surface area contributed by atoms with Gasteiger partial charge in [-0.05, 0) is 30.3 Å². The van der Waals surface area contributed by atoms with Crippen LogP contribution < -0.4 is 15.4 Å². The number of methoxy groups -OCH3 is 1. The Balaban J connectivity index is 2.59. The number of carbonyl (C=O) groups is 2. The maximum absolute atomic E-state index is 13.0. The third-order valence-electron chi connectivity index (χ3n) is 3.42. The second-order valence-electron chi connectivity index (χ2n) is 4.79. The van der Waals surface area contributed by atoms with E-state index < -0.39 is 10.8 Å². The summed E-state index contributed by atoms with van der Waals surface area (Å²) in [6.45, 7) is 0. The van der Waals surface area contributed by atoms with Crippen molar-refractivity contribution in [2.75, 3.05) is 21.2 Å². The van der Waals surface area contributed by atoms with E-state index in [0.29, 0.717) is 21.1 Å². The van der Waals surface area contributed by atoms with Crippen LogP contribution in [-0.2, 0) is 10.8 Å². The van der Waals surface area contributed by atoms with Crippen LogP contribution in [0.4, 0.5) is 0 Å². The Morgan fingerprint density at radius 3 is 2.12 bits per heavy atom. The van der Waals surface area contributed by atoms with E-state index in [1.807, 2.05) is 0 Å². The van der Waals surface area contributed by atoms with E-state index in [9.17, 15) is 13.8 Å². The zero-order valence-corrected chi connectivity index (χ0v) is 14.4. The lowest BCUT2D eigenvalue weighted by Crippen LogP contribution is -2.22. The van der Waals surface area contributed by atoms with Crippen molar-refractivity contribution in [3.63, 3.8) is 0 Å². The molecular formula is C17H18N2O4S. The number of benzene rings is 2. The third-order valence-corrected chi connectivity index (χ3v) is 4.93. The fourth-order valence-electron chi connectivity index (χ4n) is 2.18. The quantitative estimate of drug-likeness (QED) is 0.861. The molecule has 0 bridgehead atoms. The van der Waals surface area contributed by atoms with E-state index in [0.717, 1.165) is 0 Å². The minimum atomic E-state index is -1.70. The van der Waals surface area contributed by atoms with Gasteiger partial charge in [0.1, 0.15) is 5.75 Å². The Morgan fingerprint density at radius 2 is 1.50 bits per heavy atom. The maximum atomic E-state index is 13.0. The standard InChI is InChI=1S/C17H18N2O4S/c1-18-16(20)12-6-4-5-7-14(12)24(22)15-9-8-11(23-3)10-13(15)17(21)19-2/h4-10H,1-3H3,(H,18,20)(H,19,21). The van der Waals surface area contributed by atoms with Crippen LogP contribution in [0.1, 0.15) is 20.7 Å². The summed E-state index contributed by atoms with van der Waals surface area (Å²) in [5, 5.41) is 5.04. The topological polar surface area (TPSA) is 84.5 Å². The molecule has 7 heteroatoms. The number of carbonyl (C=O) groups excluding carboxylic acids is 2. The van der Waals surface area contributed by atoms with Crippen LogP contribution in [0.2, 0.25) is 0 Å². The van der Waals surface area contributed by atoms with Gasteiger partial charge in [0.25, 0.3) is 11.8 Å². The molecule has 0 saturated heterocycles. The van der Waals surface area contributed by atoms with E-state index in [1.165, 1.54) is 27.3 Å². The number of nitrogens with one attached hydrogen (secondary N) is 2. The van der Waals surface area contributed by atoms with Crippen molar-refractivity contribution in [3.8, 4) is 5.75 Å². The van der Waals surface area contributed by atoms with E-state index in [4.69, 9.17) is 4.74 Å². The first-order valence-corrected chi connectivity index (χ1v) is 8.31. The summed E-state index contributed by atoms with van der Waals surface area (Å²) in [4.78, 5) is 24.8. The molecule has 0 spiro atoms. The molecule has 0 fully saturated rings. The predicted molar refractivity (Wildman–Crippen MR) is 90.9 cm³/mol.